The third kappa shape index (κ3) is 4.84. The van der Waals surface area contributed by atoms with E-state index >= 15 is 0 Å². The number of nitrogens with one attached hydrogen (secondary N) is 1. The van der Waals surface area contributed by atoms with Crippen molar-refractivity contribution in [1.82, 2.24) is 5.32 Å². The molecule has 0 spiro atoms. The van der Waals surface area contributed by atoms with Crippen LogP contribution in [0.1, 0.15) is 39.7 Å². The van der Waals surface area contributed by atoms with Crippen LogP contribution in [0.4, 0.5) is 8.78 Å². The standard InChI is InChI=1S/C15H22BrF2N/c1-10(2)9-19-6-5-15(3,4)11-7-14(18)12(16)8-13(11)17/h7-8,10,19H,5-6,9H2,1-4H3. The van der Waals surface area contributed by atoms with Crippen LogP contribution >= 0.6 is 15.9 Å². The quantitative estimate of drug-likeness (QED) is 0.590. The lowest BCUT2D eigenvalue weighted by Crippen LogP contribution is -2.28. The van der Waals surface area contributed by atoms with Crippen LogP contribution in [0.15, 0.2) is 16.6 Å². The van der Waals surface area contributed by atoms with Crippen molar-refractivity contribution in [2.45, 2.75) is 39.5 Å². The van der Waals surface area contributed by atoms with Crippen molar-refractivity contribution < 1.29 is 8.78 Å². The lowest BCUT2D eigenvalue weighted by Gasteiger charge is -2.26. The highest BCUT2D eigenvalue weighted by Gasteiger charge is 2.25. The number of hydrogen-bond acceptors (Lipinski definition) is 1. The molecule has 0 aliphatic carbocycles. The fourth-order valence-electron chi connectivity index (χ4n) is 1.97. The summed E-state index contributed by atoms with van der Waals surface area (Å²) in [6, 6.07) is 2.50. The molecule has 1 N–H and O–H groups in total. The second-order valence-electron chi connectivity index (χ2n) is 5.98. The lowest BCUT2D eigenvalue weighted by atomic mass is 9.81. The molecule has 0 heterocycles. The smallest absolute Gasteiger partial charge is 0.137 e. The van der Waals surface area contributed by atoms with E-state index in [0.717, 1.165) is 19.5 Å². The Morgan fingerprint density at radius 2 is 1.84 bits per heavy atom. The minimum atomic E-state index is -0.417. The maximum Gasteiger partial charge on any atom is 0.137 e. The largest absolute Gasteiger partial charge is 0.316 e. The summed E-state index contributed by atoms with van der Waals surface area (Å²) in [6.45, 7) is 9.89. The molecule has 0 bridgehead atoms. The average Bonchev–Trinajstić information content (AvgIpc) is 2.29. The lowest BCUT2D eigenvalue weighted by molar-refractivity contribution is 0.420. The molecule has 0 saturated heterocycles. The van der Waals surface area contributed by atoms with Crippen molar-refractivity contribution in [1.29, 1.82) is 0 Å². The minimum absolute atomic E-state index is 0.169. The van der Waals surface area contributed by atoms with Gasteiger partial charge in [-0.2, -0.15) is 0 Å². The SMILES string of the molecule is CC(C)CNCCC(C)(C)c1cc(F)c(Br)cc1F. The Hall–Kier alpha value is -0.480. The van der Waals surface area contributed by atoms with Crippen LogP contribution in [-0.4, -0.2) is 13.1 Å². The van der Waals surface area contributed by atoms with Gasteiger partial charge in [0.05, 0.1) is 4.47 Å². The molecule has 0 fully saturated rings. The summed E-state index contributed by atoms with van der Waals surface area (Å²) >= 11 is 3.00. The van der Waals surface area contributed by atoms with Crippen LogP contribution in [-0.2, 0) is 5.41 Å². The Bertz CT molecular complexity index is 430. The van der Waals surface area contributed by atoms with Crippen LogP contribution in [0, 0.1) is 17.6 Å². The van der Waals surface area contributed by atoms with Gasteiger partial charge in [0.25, 0.3) is 0 Å². The summed E-state index contributed by atoms with van der Waals surface area (Å²) in [4.78, 5) is 0. The van der Waals surface area contributed by atoms with Gasteiger partial charge < -0.3 is 5.32 Å². The number of benzene rings is 1. The molecule has 0 aliphatic heterocycles. The number of halogens is 3. The van der Waals surface area contributed by atoms with Gasteiger partial charge in [-0.15, -0.1) is 0 Å². The zero-order chi connectivity index (χ0) is 14.6. The van der Waals surface area contributed by atoms with Crippen LogP contribution in [0.3, 0.4) is 0 Å². The molecule has 108 valence electrons. The summed E-state index contributed by atoms with van der Waals surface area (Å²) in [5.41, 5.74) is 0.0369. The fraction of sp³-hybridized carbons (Fsp3) is 0.600. The van der Waals surface area contributed by atoms with Gasteiger partial charge in [0, 0.05) is 0 Å². The number of hydrogen-bond donors (Lipinski definition) is 1. The zero-order valence-electron chi connectivity index (χ0n) is 12.0. The molecule has 0 unspecified atom stereocenters. The van der Waals surface area contributed by atoms with Gasteiger partial charge in [-0.25, -0.2) is 8.78 Å². The van der Waals surface area contributed by atoms with Crippen LogP contribution < -0.4 is 5.32 Å². The second kappa shape index (κ2) is 6.80. The molecule has 0 saturated carbocycles. The molecule has 1 aromatic rings. The third-order valence-corrected chi connectivity index (χ3v) is 3.83. The fourth-order valence-corrected chi connectivity index (χ4v) is 2.28. The summed E-state index contributed by atoms with van der Waals surface area (Å²) in [6.07, 6.45) is 0.762. The maximum absolute atomic E-state index is 13.9. The van der Waals surface area contributed by atoms with Crippen LogP contribution in [0.2, 0.25) is 0 Å². The molecule has 0 atom stereocenters. The Morgan fingerprint density at radius 1 is 1.21 bits per heavy atom. The minimum Gasteiger partial charge on any atom is -0.316 e. The van der Waals surface area contributed by atoms with Gasteiger partial charge in [0.1, 0.15) is 11.6 Å². The maximum atomic E-state index is 13.9. The van der Waals surface area contributed by atoms with E-state index < -0.39 is 11.2 Å². The van der Waals surface area contributed by atoms with Gasteiger partial charge in [0.2, 0.25) is 0 Å². The molecule has 4 heteroatoms. The van der Waals surface area contributed by atoms with E-state index in [-0.39, 0.29) is 10.3 Å². The van der Waals surface area contributed by atoms with E-state index in [2.05, 4.69) is 35.1 Å². The molecular formula is C15H22BrF2N. The van der Waals surface area contributed by atoms with Crippen LogP contribution in [0.25, 0.3) is 0 Å². The van der Waals surface area contributed by atoms with Crippen molar-refractivity contribution in [3.05, 3.63) is 33.8 Å². The van der Waals surface area contributed by atoms with Crippen molar-refractivity contribution in [2.75, 3.05) is 13.1 Å². The first-order valence-electron chi connectivity index (χ1n) is 6.60. The Balaban J connectivity index is 2.74. The van der Waals surface area contributed by atoms with E-state index in [1.54, 1.807) is 0 Å². The molecular weight excluding hydrogens is 312 g/mol. The molecule has 0 amide bonds. The summed E-state index contributed by atoms with van der Waals surface area (Å²) in [7, 11) is 0. The van der Waals surface area contributed by atoms with E-state index in [4.69, 9.17) is 0 Å². The van der Waals surface area contributed by atoms with Crippen molar-refractivity contribution in [3.63, 3.8) is 0 Å². The van der Waals surface area contributed by atoms with E-state index in [0.29, 0.717) is 11.5 Å². The summed E-state index contributed by atoms with van der Waals surface area (Å²) in [5, 5.41) is 3.33. The molecule has 0 aromatic heterocycles. The predicted molar refractivity (Wildman–Crippen MR) is 79.4 cm³/mol. The normalized spacial score (nSPS) is 12.2. The monoisotopic (exact) mass is 333 g/mol. The van der Waals surface area contributed by atoms with Gasteiger partial charge in [-0.1, -0.05) is 27.7 Å². The average molecular weight is 334 g/mol. The third-order valence-electron chi connectivity index (χ3n) is 3.22. The van der Waals surface area contributed by atoms with E-state index in [1.165, 1.54) is 12.1 Å². The summed E-state index contributed by atoms with van der Waals surface area (Å²) in [5.74, 6) is -0.188. The molecule has 1 aromatic carbocycles. The van der Waals surface area contributed by atoms with E-state index in [9.17, 15) is 8.78 Å². The molecule has 1 rings (SSSR count). The highest BCUT2D eigenvalue weighted by atomic mass is 79.9. The topological polar surface area (TPSA) is 12.0 Å². The van der Waals surface area contributed by atoms with Crippen molar-refractivity contribution >= 4 is 15.9 Å². The van der Waals surface area contributed by atoms with Gasteiger partial charge in [-0.3, -0.25) is 0 Å². The predicted octanol–water partition coefficient (Wildman–Crippen LogP) is 4.64. The Kier molecular flexibility index (Phi) is 5.93. The van der Waals surface area contributed by atoms with Gasteiger partial charge in [-0.05, 0) is 64.5 Å². The zero-order valence-corrected chi connectivity index (χ0v) is 13.6. The molecule has 0 radical (unpaired) electrons. The molecule has 1 nitrogen and oxygen atoms in total. The number of rotatable bonds is 6. The van der Waals surface area contributed by atoms with Crippen LogP contribution in [0.5, 0.6) is 0 Å². The van der Waals surface area contributed by atoms with Gasteiger partial charge >= 0.3 is 0 Å². The Morgan fingerprint density at radius 3 is 2.42 bits per heavy atom. The summed E-state index contributed by atoms with van der Waals surface area (Å²) < 4.78 is 27.7. The first-order valence-corrected chi connectivity index (χ1v) is 7.39. The Labute approximate surface area is 122 Å². The van der Waals surface area contributed by atoms with Crippen molar-refractivity contribution in [2.24, 2.45) is 5.92 Å². The van der Waals surface area contributed by atoms with E-state index in [1.807, 2.05) is 13.8 Å². The second-order valence-corrected chi connectivity index (χ2v) is 6.83. The van der Waals surface area contributed by atoms with Gasteiger partial charge in [0.15, 0.2) is 0 Å². The highest BCUT2D eigenvalue weighted by molar-refractivity contribution is 9.10. The van der Waals surface area contributed by atoms with Crippen molar-refractivity contribution in [3.8, 4) is 0 Å². The highest BCUT2D eigenvalue weighted by Crippen LogP contribution is 2.31. The molecule has 0 aliphatic rings. The first kappa shape index (κ1) is 16.6. The first-order chi connectivity index (χ1) is 8.74. The molecule has 19 heavy (non-hydrogen) atoms.